The van der Waals surface area contributed by atoms with Crippen LogP contribution in [-0.4, -0.2) is 16.2 Å². The molecule has 0 fully saturated rings. The molecule has 0 amide bonds. The quantitative estimate of drug-likeness (QED) is 0.687. The zero-order valence-corrected chi connectivity index (χ0v) is 12.9. The molecule has 0 aliphatic rings. The maximum absolute atomic E-state index is 12.2. The first-order valence-corrected chi connectivity index (χ1v) is 7.25. The van der Waals surface area contributed by atoms with Crippen molar-refractivity contribution in [3.63, 3.8) is 0 Å². The molecule has 23 heavy (non-hydrogen) atoms. The molecule has 0 saturated carbocycles. The minimum atomic E-state index is -0.398. The van der Waals surface area contributed by atoms with Gasteiger partial charge in [-0.3, -0.25) is 0 Å². The number of hydrogen-bond donors (Lipinski definition) is 0. The number of carbonyl (C=O) groups is 1. The van der Waals surface area contributed by atoms with Crippen LogP contribution in [0.15, 0.2) is 52.9 Å². The number of carbonyl (C=O) groups excluding carboxylic acids is 1. The van der Waals surface area contributed by atoms with Crippen LogP contribution in [0, 0.1) is 13.8 Å². The Morgan fingerprint density at radius 1 is 1.09 bits per heavy atom. The molecule has 3 rings (SSSR count). The van der Waals surface area contributed by atoms with Crippen LogP contribution in [0.25, 0.3) is 11.5 Å². The van der Waals surface area contributed by atoms with Crippen LogP contribution in [0.5, 0.6) is 0 Å². The van der Waals surface area contributed by atoms with E-state index in [1.165, 1.54) is 0 Å². The Bertz CT molecular complexity index is 825. The highest BCUT2D eigenvalue weighted by Gasteiger charge is 2.14. The highest BCUT2D eigenvalue weighted by Crippen LogP contribution is 2.18. The van der Waals surface area contributed by atoms with Crippen molar-refractivity contribution in [2.75, 3.05) is 0 Å². The molecule has 0 saturated heterocycles. The summed E-state index contributed by atoms with van der Waals surface area (Å²) in [5.74, 6) is 0.275. The number of ether oxygens (including phenoxy) is 1. The second-order valence-electron chi connectivity index (χ2n) is 5.26. The van der Waals surface area contributed by atoms with Crippen LogP contribution in [-0.2, 0) is 11.3 Å². The molecule has 0 N–H and O–H groups in total. The van der Waals surface area contributed by atoms with Crippen LogP contribution in [0.3, 0.4) is 0 Å². The maximum Gasteiger partial charge on any atom is 0.338 e. The van der Waals surface area contributed by atoms with E-state index < -0.39 is 5.97 Å². The molecular formula is C18H16N2O3. The molecule has 0 radical (unpaired) electrons. The molecule has 3 aromatic rings. The number of hydrogen-bond acceptors (Lipinski definition) is 5. The Morgan fingerprint density at radius 2 is 1.87 bits per heavy atom. The third-order valence-electron chi connectivity index (χ3n) is 3.43. The first kappa shape index (κ1) is 15.0. The molecule has 1 aromatic heterocycles. The van der Waals surface area contributed by atoms with Gasteiger partial charge in [0.2, 0.25) is 5.89 Å². The molecule has 5 nitrogen and oxygen atoms in total. The standard InChI is InChI=1S/C18H16N2O3/c1-12-8-9-13(2)15(10-12)18(21)22-11-16-19-20-17(23-16)14-6-4-3-5-7-14/h3-10H,11H2,1-2H3. The summed E-state index contributed by atoms with van der Waals surface area (Å²) in [5, 5.41) is 7.87. The highest BCUT2D eigenvalue weighted by molar-refractivity contribution is 5.91. The summed E-state index contributed by atoms with van der Waals surface area (Å²) in [4.78, 5) is 12.2. The van der Waals surface area contributed by atoms with Crippen molar-refractivity contribution in [2.24, 2.45) is 0 Å². The fourth-order valence-electron chi connectivity index (χ4n) is 2.17. The zero-order valence-electron chi connectivity index (χ0n) is 12.9. The van der Waals surface area contributed by atoms with Gasteiger partial charge in [-0.05, 0) is 37.6 Å². The Morgan fingerprint density at radius 3 is 2.65 bits per heavy atom. The van der Waals surface area contributed by atoms with Gasteiger partial charge < -0.3 is 9.15 Å². The van der Waals surface area contributed by atoms with Crippen LogP contribution < -0.4 is 0 Å². The fraction of sp³-hybridized carbons (Fsp3) is 0.167. The molecule has 0 bridgehead atoms. The fourth-order valence-corrected chi connectivity index (χ4v) is 2.17. The van der Waals surface area contributed by atoms with Gasteiger partial charge in [0.05, 0.1) is 5.56 Å². The summed E-state index contributed by atoms with van der Waals surface area (Å²) in [5.41, 5.74) is 3.25. The van der Waals surface area contributed by atoms with E-state index in [0.29, 0.717) is 11.5 Å². The van der Waals surface area contributed by atoms with Gasteiger partial charge in [-0.1, -0.05) is 35.9 Å². The van der Waals surface area contributed by atoms with Crippen LogP contribution in [0.2, 0.25) is 0 Å². The number of nitrogens with zero attached hydrogens (tertiary/aromatic N) is 2. The molecule has 0 atom stereocenters. The van der Waals surface area contributed by atoms with E-state index in [0.717, 1.165) is 16.7 Å². The summed E-state index contributed by atoms with van der Waals surface area (Å²) in [6.45, 7) is 3.75. The summed E-state index contributed by atoms with van der Waals surface area (Å²) in [7, 11) is 0. The van der Waals surface area contributed by atoms with Gasteiger partial charge >= 0.3 is 5.97 Å². The SMILES string of the molecule is Cc1ccc(C)c(C(=O)OCc2nnc(-c3ccccc3)o2)c1. The minimum Gasteiger partial charge on any atom is -0.452 e. The first-order valence-electron chi connectivity index (χ1n) is 7.25. The zero-order chi connectivity index (χ0) is 16.2. The average molecular weight is 308 g/mol. The van der Waals surface area contributed by atoms with Crippen molar-refractivity contribution in [1.82, 2.24) is 10.2 Å². The second kappa shape index (κ2) is 6.44. The molecule has 1 heterocycles. The summed E-state index contributed by atoms with van der Waals surface area (Å²) in [6.07, 6.45) is 0. The molecule has 0 unspecified atom stereocenters. The van der Waals surface area contributed by atoms with Gasteiger partial charge in [-0.25, -0.2) is 4.79 Å². The maximum atomic E-state index is 12.2. The topological polar surface area (TPSA) is 65.2 Å². The Balaban J connectivity index is 1.68. The monoisotopic (exact) mass is 308 g/mol. The van der Waals surface area contributed by atoms with E-state index in [4.69, 9.17) is 9.15 Å². The van der Waals surface area contributed by atoms with Crippen molar-refractivity contribution in [3.05, 3.63) is 71.1 Å². The molecular weight excluding hydrogens is 292 g/mol. The molecule has 2 aromatic carbocycles. The van der Waals surface area contributed by atoms with E-state index >= 15 is 0 Å². The Hall–Kier alpha value is -2.95. The average Bonchev–Trinajstić information content (AvgIpc) is 3.05. The lowest BCUT2D eigenvalue weighted by molar-refractivity contribution is 0.0437. The van der Waals surface area contributed by atoms with Crippen molar-refractivity contribution < 1.29 is 13.9 Å². The Labute approximate surface area is 133 Å². The summed E-state index contributed by atoms with van der Waals surface area (Å²) >= 11 is 0. The molecule has 0 aliphatic heterocycles. The lowest BCUT2D eigenvalue weighted by Gasteiger charge is -2.06. The predicted octanol–water partition coefficient (Wildman–Crippen LogP) is 3.71. The first-order chi connectivity index (χ1) is 11.1. The second-order valence-corrected chi connectivity index (χ2v) is 5.26. The van der Waals surface area contributed by atoms with E-state index in [1.807, 2.05) is 56.3 Å². The van der Waals surface area contributed by atoms with Crippen LogP contribution in [0.1, 0.15) is 27.4 Å². The van der Waals surface area contributed by atoms with Crippen LogP contribution in [0.4, 0.5) is 0 Å². The summed E-state index contributed by atoms with van der Waals surface area (Å²) in [6, 6.07) is 15.1. The minimum absolute atomic E-state index is 0.0496. The van der Waals surface area contributed by atoms with Crippen molar-refractivity contribution >= 4 is 5.97 Å². The third kappa shape index (κ3) is 3.45. The van der Waals surface area contributed by atoms with E-state index in [-0.39, 0.29) is 12.5 Å². The number of benzene rings is 2. The van der Waals surface area contributed by atoms with Gasteiger partial charge in [0.1, 0.15) is 0 Å². The van der Waals surface area contributed by atoms with Crippen molar-refractivity contribution in [1.29, 1.82) is 0 Å². The predicted molar refractivity (Wildman–Crippen MR) is 84.8 cm³/mol. The lowest BCUT2D eigenvalue weighted by Crippen LogP contribution is -2.07. The summed E-state index contributed by atoms with van der Waals surface area (Å²) < 4.78 is 10.8. The molecule has 0 aliphatic carbocycles. The van der Waals surface area contributed by atoms with Gasteiger partial charge in [0.15, 0.2) is 6.61 Å². The van der Waals surface area contributed by atoms with Gasteiger partial charge in [-0.15, -0.1) is 10.2 Å². The number of rotatable bonds is 4. The number of esters is 1. The largest absolute Gasteiger partial charge is 0.452 e. The van der Waals surface area contributed by atoms with Gasteiger partial charge in [0.25, 0.3) is 5.89 Å². The van der Waals surface area contributed by atoms with Crippen molar-refractivity contribution in [2.45, 2.75) is 20.5 Å². The van der Waals surface area contributed by atoms with Gasteiger partial charge in [0, 0.05) is 5.56 Å². The van der Waals surface area contributed by atoms with Gasteiger partial charge in [-0.2, -0.15) is 0 Å². The third-order valence-corrected chi connectivity index (χ3v) is 3.43. The highest BCUT2D eigenvalue weighted by atomic mass is 16.5. The molecule has 0 spiro atoms. The number of aromatic nitrogens is 2. The van der Waals surface area contributed by atoms with E-state index in [2.05, 4.69) is 10.2 Å². The smallest absolute Gasteiger partial charge is 0.338 e. The molecule has 116 valence electrons. The number of aryl methyl sites for hydroxylation is 2. The Kier molecular flexibility index (Phi) is 4.19. The van der Waals surface area contributed by atoms with E-state index in [9.17, 15) is 4.79 Å². The normalized spacial score (nSPS) is 10.5. The van der Waals surface area contributed by atoms with Crippen molar-refractivity contribution in [3.8, 4) is 11.5 Å². The van der Waals surface area contributed by atoms with Crippen LogP contribution >= 0.6 is 0 Å². The molecule has 5 heteroatoms. The van der Waals surface area contributed by atoms with E-state index in [1.54, 1.807) is 6.07 Å². The lowest BCUT2D eigenvalue weighted by atomic mass is 10.1.